The monoisotopic (exact) mass is 319 g/mol. The zero-order chi connectivity index (χ0) is 16.9. The van der Waals surface area contributed by atoms with E-state index in [-0.39, 0.29) is 11.3 Å². The number of nitrogens with one attached hydrogen (secondary N) is 1. The Morgan fingerprint density at radius 3 is 2.75 bits per heavy atom. The molecule has 7 heteroatoms. The number of hydrogen-bond acceptors (Lipinski definition) is 5. The van der Waals surface area contributed by atoms with Crippen LogP contribution in [0.15, 0.2) is 60.9 Å². The molecular weight excluding hydrogens is 306 g/mol. The molecular formula is C17H13N5O2. The van der Waals surface area contributed by atoms with E-state index in [0.717, 1.165) is 11.3 Å². The van der Waals surface area contributed by atoms with Crippen LogP contribution < -0.4 is 5.32 Å². The molecule has 2 aromatic carbocycles. The minimum atomic E-state index is -0.503. The van der Waals surface area contributed by atoms with Crippen LogP contribution in [0, 0.1) is 21.4 Å². The van der Waals surface area contributed by atoms with Gasteiger partial charge in [0.15, 0.2) is 0 Å². The number of nitriles is 1. The smallest absolute Gasteiger partial charge is 0.293 e. The Bertz CT molecular complexity index is 912. The topological polar surface area (TPSA) is 96.8 Å². The van der Waals surface area contributed by atoms with Crippen molar-refractivity contribution in [3.8, 4) is 11.8 Å². The summed E-state index contributed by atoms with van der Waals surface area (Å²) in [4.78, 5) is 10.6. The molecule has 0 fully saturated rings. The first kappa shape index (κ1) is 15.2. The average Bonchev–Trinajstić information content (AvgIpc) is 3.09. The molecule has 0 unspecified atom stereocenters. The molecule has 0 aliphatic rings. The third-order valence-electron chi connectivity index (χ3n) is 3.46. The zero-order valence-corrected chi connectivity index (χ0v) is 12.6. The molecule has 0 aliphatic carbocycles. The van der Waals surface area contributed by atoms with E-state index < -0.39 is 4.92 Å². The highest BCUT2D eigenvalue weighted by molar-refractivity contribution is 5.64. The van der Waals surface area contributed by atoms with Gasteiger partial charge in [-0.15, -0.1) is 0 Å². The van der Waals surface area contributed by atoms with Gasteiger partial charge in [0, 0.05) is 24.4 Å². The molecule has 0 spiro atoms. The summed E-state index contributed by atoms with van der Waals surface area (Å²) in [6.45, 7) is 0.388. The molecule has 24 heavy (non-hydrogen) atoms. The van der Waals surface area contributed by atoms with Crippen molar-refractivity contribution in [1.29, 1.82) is 5.26 Å². The highest BCUT2D eigenvalue weighted by Crippen LogP contribution is 2.25. The first-order valence-electron chi connectivity index (χ1n) is 7.19. The molecule has 1 N–H and O–H groups in total. The van der Waals surface area contributed by atoms with Crippen LogP contribution in [-0.4, -0.2) is 14.7 Å². The summed E-state index contributed by atoms with van der Waals surface area (Å²) in [5, 5.41) is 27.3. The molecule has 1 heterocycles. The molecule has 0 amide bonds. The number of anilines is 1. The van der Waals surface area contributed by atoms with Gasteiger partial charge in [0.2, 0.25) is 0 Å². The van der Waals surface area contributed by atoms with Gasteiger partial charge in [0.25, 0.3) is 5.69 Å². The van der Waals surface area contributed by atoms with E-state index in [4.69, 9.17) is 5.26 Å². The van der Waals surface area contributed by atoms with E-state index in [1.165, 1.54) is 12.1 Å². The highest BCUT2D eigenvalue weighted by Gasteiger charge is 2.14. The molecule has 7 nitrogen and oxygen atoms in total. The number of rotatable bonds is 5. The first-order chi connectivity index (χ1) is 11.7. The number of aromatic nitrogens is 2. The lowest BCUT2D eigenvalue weighted by atomic mass is 10.2. The van der Waals surface area contributed by atoms with Gasteiger partial charge in [0.05, 0.1) is 28.4 Å². The standard InChI is InChI=1S/C17H13N5O2/c18-9-13-6-7-16(17(8-13)22(23)24)19-10-14-11-20-21(12-14)15-4-2-1-3-5-15/h1-8,11-12,19H,10H2. The molecule has 1 aromatic heterocycles. The molecule has 3 aromatic rings. The lowest BCUT2D eigenvalue weighted by Crippen LogP contribution is -2.02. The minimum Gasteiger partial charge on any atom is -0.375 e. The van der Waals surface area contributed by atoms with Gasteiger partial charge in [-0.2, -0.15) is 10.4 Å². The maximum atomic E-state index is 11.1. The molecule has 0 aliphatic heterocycles. The van der Waals surface area contributed by atoms with Crippen LogP contribution in [0.1, 0.15) is 11.1 Å². The van der Waals surface area contributed by atoms with Gasteiger partial charge in [-0.3, -0.25) is 10.1 Å². The number of nitro benzene ring substituents is 1. The number of nitrogens with zero attached hydrogens (tertiary/aromatic N) is 4. The summed E-state index contributed by atoms with van der Waals surface area (Å²) in [6.07, 6.45) is 3.56. The van der Waals surface area contributed by atoms with Crippen LogP contribution in [0.5, 0.6) is 0 Å². The largest absolute Gasteiger partial charge is 0.375 e. The molecule has 0 bridgehead atoms. The van der Waals surface area contributed by atoms with E-state index in [2.05, 4.69) is 10.4 Å². The van der Waals surface area contributed by atoms with Gasteiger partial charge >= 0.3 is 0 Å². The predicted octanol–water partition coefficient (Wildman–Crippen LogP) is 3.26. The molecule has 3 rings (SSSR count). The Hall–Kier alpha value is -3.66. The van der Waals surface area contributed by atoms with E-state index in [1.54, 1.807) is 16.9 Å². The molecule has 0 saturated carbocycles. The van der Waals surface area contributed by atoms with Gasteiger partial charge in [-0.1, -0.05) is 18.2 Å². The SMILES string of the molecule is N#Cc1ccc(NCc2cnn(-c3ccccc3)c2)c([N+](=O)[O-])c1. The third kappa shape index (κ3) is 3.23. The van der Waals surface area contributed by atoms with Gasteiger partial charge in [0.1, 0.15) is 5.69 Å². The van der Waals surface area contributed by atoms with Crippen molar-refractivity contribution in [3.63, 3.8) is 0 Å². The summed E-state index contributed by atoms with van der Waals surface area (Å²) >= 11 is 0. The second-order valence-electron chi connectivity index (χ2n) is 5.08. The fourth-order valence-corrected chi connectivity index (χ4v) is 2.27. The van der Waals surface area contributed by atoms with Crippen molar-refractivity contribution in [3.05, 3.63) is 82.2 Å². The average molecular weight is 319 g/mol. The first-order valence-corrected chi connectivity index (χ1v) is 7.19. The Kier molecular flexibility index (Phi) is 4.21. The summed E-state index contributed by atoms with van der Waals surface area (Å²) < 4.78 is 1.74. The van der Waals surface area contributed by atoms with Crippen LogP contribution in [0.25, 0.3) is 5.69 Å². The fourth-order valence-electron chi connectivity index (χ4n) is 2.27. The highest BCUT2D eigenvalue weighted by atomic mass is 16.6. The molecule has 0 atom stereocenters. The number of para-hydroxylation sites is 1. The number of hydrogen-bond donors (Lipinski definition) is 1. The minimum absolute atomic E-state index is 0.121. The summed E-state index contributed by atoms with van der Waals surface area (Å²) in [6, 6.07) is 15.9. The Labute approximate surface area is 137 Å². The quantitative estimate of drug-likeness (QED) is 0.575. The summed E-state index contributed by atoms with van der Waals surface area (Å²) in [5.74, 6) is 0. The van der Waals surface area contributed by atoms with Gasteiger partial charge in [-0.05, 0) is 24.3 Å². The number of benzene rings is 2. The second-order valence-corrected chi connectivity index (χ2v) is 5.08. The van der Waals surface area contributed by atoms with Crippen molar-refractivity contribution in [2.75, 3.05) is 5.32 Å². The molecule has 118 valence electrons. The Balaban J connectivity index is 1.76. The second kappa shape index (κ2) is 6.62. The van der Waals surface area contributed by atoms with Gasteiger partial charge < -0.3 is 5.32 Å². The lowest BCUT2D eigenvalue weighted by molar-refractivity contribution is -0.384. The fraction of sp³-hybridized carbons (Fsp3) is 0.0588. The van der Waals surface area contributed by atoms with Crippen LogP contribution in [0.2, 0.25) is 0 Å². The van der Waals surface area contributed by atoms with E-state index >= 15 is 0 Å². The van der Waals surface area contributed by atoms with Crippen LogP contribution in [0.3, 0.4) is 0 Å². The van der Waals surface area contributed by atoms with E-state index in [0.29, 0.717) is 12.2 Å². The van der Waals surface area contributed by atoms with E-state index in [1.807, 2.05) is 42.6 Å². The zero-order valence-electron chi connectivity index (χ0n) is 12.6. The van der Waals surface area contributed by atoms with Crippen molar-refractivity contribution in [2.24, 2.45) is 0 Å². The van der Waals surface area contributed by atoms with Crippen molar-refractivity contribution < 1.29 is 4.92 Å². The lowest BCUT2D eigenvalue weighted by Gasteiger charge is -2.06. The predicted molar refractivity (Wildman–Crippen MR) is 88.7 cm³/mol. The van der Waals surface area contributed by atoms with Crippen LogP contribution in [-0.2, 0) is 6.54 Å². The summed E-state index contributed by atoms with van der Waals surface area (Å²) in [7, 11) is 0. The normalized spacial score (nSPS) is 10.1. The number of nitro groups is 1. The van der Waals surface area contributed by atoms with Crippen molar-refractivity contribution in [2.45, 2.75) is 6.54 Å². The van der Waals surface area contributed by atoms with E-state index in [9.17, 15) is 10.1 Å². The summed E-state index contributed by atoms with van der Waals surface area (Å²) in [5.41, 5.74) is 2.32. The van der Waals surface area contributed by atoms with Crippen LogP contribution >= 0.6 is 0 Å². The third-order valence-corrected chi connectivity index (χ3v) is 3.46. The molecule has 0 radical (unpaired) electrons. The van der Waals surface area contributed by atoms with Crippen LogP contribution in [0.4, 0.5) is 11.4 Å². The Morgan fingerprint density at radius 1 is 1.25 bits per heavy atom. The Morgan fingerprint density at radius 2 is 2.04 bits per heavy atom. The van der Waals surface area contributed by atoms with Crippen molar-refractivity contribution >= 4 is 11.4 Å². The van der Waals surface area contributed by atoms with Gasteiger partial charge in [-0.25, -0.2) is 4.68 Å². The molecule has 0 saturated heterocycles. The van der Waals surface area contributed by atoms with Crippen molar-refractivity contribution in [1.82, 2.24) is 9.78 Å². The maximum Gasteiger partial charge on any atom is 0.293 e. The maximum absolute atomic E-state index is 11.1.